The van der Waals surface area contributed by atoms with Gasteiger partial charge >= 0.3 is 0 Å². The summed E-state index contributed by atoms with van der Waals surface area (Å²) in [5.41, 5.74) is 1.09. The summed E-state index contributed by atoms with van der Waals surface area (Å²) in [7, 11) is -4.28. The Morgan fingerprint density at radius 3 is 2.18 bits per heavy atom. The van der Waals surface area contributed by atoms with Crippen molar-refractivity contribution in [3.8, 4) is 0 Å². The van der Waals surface area contributed by atoms with E-state index in [9.17, 15) is 22.4 Å². The van der Waals surface area contributed by atoms with E-state index < -0.39 is 40.2 Å². The van der Waals surface area contributed by atoms with Crippen molar-refractivity contribution in [3.63, 3.8) is 0 Å². The molecule has 0 aliphatic rings. The van der Waals surface area contributed by atoms with Gasteiger partial charge in [-0.25, -0.2) is 12.8 Å². The van der Waals surface area contributed by atoms with Gasteiger partial charge in [-0.15, -0.1) is 0 Å². The lowest BCUT2D eigenvalue weighted by Crippen LogP contribution is -2.51. The van der Waals surface area contributed by atoms with Gasteiger partial charge in [-0.2, -0.15) is 0 Å². The summed E-state index contributed by atoms with van der Waals surface area (Å²) in [6, 6.07) is 15.2. The van der Waals surface area contributed by atoms with Crippen LogP contribution in [0.1, 0.15) is 25.0 Å². The summed E-state index contributed by atoms with van der Waals surface area (Å²) in [5.74, 6) is -1.74. The predicted molar refractivity (Wildman–Crippen MR) is 147 cm³/mol. The standard InChI is InChI=1S/C27H28Cl2FN3O4S/c1-4-31-27(35)19(3)32(16-20-7-5-6-8-25(20)30)26(34)17-33(23-14-21(28)13-22(29)15-23)38(36,37)24-11-9-18(2)10-12-24/h5-15,19H,4,16-17H2,1-3H3,(H,31,35)/t19-/m1/s1. The van der Waals surface area contributed by atoms with Gasteiger partial charge in [0, 0.05) is 28.7 Å². The predicted octanol–water partition coefficient (Wildman–Crippen LogP) is 5.19. The second kappa shape index (κ2) is 12.6. The number of likely N-dealkylation sites (N-methyl/N-ethyl adjacent to an activating group) is 1. The first-order valence-electron chi connectivity index (χ1n) is 11.8. The van der Waals surface area contributed by atoms with Gasteiger partial charge in [0.2, 0.25) is 11.8 Å². The molecule has 0 aromatic heterocycles. The Kier molecular flexibility index (Phi) is 9.76. The van der Waals surface area contributed by atoms with Crippen LogP contribution in [0, 0.1) is 12.7 Å². The molecule has 0 saturated carbocycles. The van der Waals surface area contributed by atoms with Crippen molar-refractivity contribution >= 4 is 50.7 Å². The summed E-state index contributed by atoms with van der Waals surface area (Å²) in [6.07, 6.45) is 0. The molecule has 11 heteroatoms. The van der Waals surface area contributed by atoms with Crippen LogP contribution < -0.4 is 9.62 Å². The number of sulfonamides is 1. The zero-order chi connectivity index (χ0) is 28.0. The van der Waals surface area contributed by atoms with E-state index in [0.29, 0.717) is 6.54 Å². The topological polar surface area (TPSA) is 86.8 Å². The molecule has 0 aliphatic heterocycles. The van der Waals surface area contributed by atoms with Crippen LogP contribution in [0.5, 0.6) is 0 Å². The van der Waals surface area contributed by atoms with Crippen LogP contribution in [0.4, 0.5) is 10.1 Å². The molecular weight excluding hydrogens is 552 g/mol. The summed E-state index contributed by atoms with van der Waals surface area (Å²) in [4.78, 5) is 27.5. The van der Waals surface area contributed by atoms with Gasteiger partial charge in [0.25, 0.3) is 10.0 Å². The number of benzene rings is 3. The zero-order valence-electron chi connectivity index (χ0n) is 21.1. The summed E-state index contributed by atoms with van der Waals surface area (Å²) in [5, 5.41) is 2.99. The minimum Gasteiger partial charge on any atom is -0.355 e. The molecule has 0 saturated heterocycles. The van der Waals surface area contributed by atoms with E-state index in [1.807, 2.05) is 6.92 Å². The quantitative estimate of drug-likeness (QED) is 0.358. The molecule has 202 valence electrons. The molecule has 0 fully saturated rings. The van der Waals surface area contributed by atoms with E-state index in [1.54, 1.807) is 25.1 Å². The first kappa shape index (κ1) is 29.4. The zero-order valence-corrected chi connectivity index (χ0v) is 23.4. The highest BCUT2D eigenvalue weighted by Gasteiger charge is 2.33. The Labute approximate surface area is 232 Å². The number of hydrogen-bond acceptors (Lipinski definition) is 4. The number of carbonyl (C=O) groups is 2. The van der Waals surface area contributed by atoms with Gasteiger partial charge in [-0.1, -0.05) is 59.1 Å². The van der Waals surface area contributed by atoms with Gasteiger partial charge in [0.15, 0.2) is 0 Å². The van der Waals surface area contributed by atoms with Crippen molar-refractivity contribution in [3.05, 3.63) is 93.7 Å². The van der Waals surface area contributed by atoms with E-state index in [1.165, 1.54) is 55.5 Å². The van der Waals surface area contributed by atoms with Crippen LogP contribution in [0.2, 0.25) is 10.0 Å². The van der Waals surface area contributed by atoms with Gasteiger partial charge in [-0.05, 0) is 57.2 Å². The normalized spacial score (nSPS) is 12.1. The van der Waals surface area contributed by atoms with Crippen molar-refractivity contribution in [2.75, 3.05) is 17.4 Å². The highest BCUT2D eigenvalue weighted by molar-refractivity contribution is 7.92. The second-order valence-corrected chi connectivity index (χ2v) is 11.4. The molecule has 2 amide bonds. The molecule has 7 nitrogen and oxygen atoms in total. The fraction of sp³-hybridized carbons (Fsp3) is 0.259. The monoisotopic (exact) mass is 579 g/mol. The van der Waals surface area contributed by atoms with Gasteiger partial charge < -0.3 is 10.2 Å². The van der Waals surface area contributed by atoms with E-state index in [0.717, 1.165) is 14.8 Å². The minimum absolute atomic E-state index is 0.0515. The lowest BCUT2D eigenvalue weighted by atomic mass is 10.1. The maximum Gasteiger partial charge on any atom is 0.264 e. The van der Waals surface area contributed by atoms with Crippen molar-refractivity contribution in [2.24, 2.45) is 0 Å². The van der Waals surface area contributed by atoms with E-state index in [4.69, 9.17) is 23.2 Å². The van der Waals surface area contributed by atoms with Gasteiger partial charge in [0.1, 0.15) is 18.4 Å². The number of hydrogen-bond donors (Lipinski definition) is 1. The molecule has 3 rings (SSSR count). The fourth-order valence-electron chi connectivity index (χ4n) is 3.76. The maximum absolute atomic E-state index is 14.5. The number of carbonyl (C=O) groups excluding carboxylic acids is 2. The van der Waals surface area contributed by atoms with E-state index in [-0.39, 0.29) is 32.7 Å². The largest absolute Gasteiger partial charge is 0.355 e. The SMILES string of the molecule is CCNC(=O)[C@@H](C)N(Cc1ccccc1F)C(=O)CN(c1cc(Cl)cc(Cl)c1)S(=O)(=O)c1ccc(C)cc1. The molecule has 38 heavy (non-hydrogen) atoms. The Hall–Kier alpha value is -3.14. The third kappa shape index (κ3) is 7.03. The molecule has 0 aliphatic carbocycles. The summed E-state index contributed by atoms with van der Waals surface area (Å²) in [6.45, 7) is 4.42. The molecule has 0 radical (unpaired) electrons. The van der Waals surface area contributed by atoms with Crippen LogP contribution in [0.3, 0.4) is 0 Å². The summed E-state index contributed by atoms with van der Waals surface area (Å²) < 4.78 is 42.9. The van der Waals surface area contributed by atoms with Crippen molar-refractivity contribution in [1.29, 1.82) is 0 Å². The molecule has 3 aromatic rings. The van der Waals surface area contributed by atoms with Crippen molar-refractivity contribution in [1.82, 2.24) is 10.2 Å². The van der Waals surface area contributed by atoms with Crippen molar-refractivity contribution < 1.29 is 22.4 Å². The molecule has 0 unspecified atom stereocenters. The molecule has 0 heterocycles. The number of rotatable bonds is 10. The van der Waals surface area contributed by atoms with Gasteiger partial charge in [-0.3, -0.25) is 13.9 Å². The van der Waals surface area contributed by atoms with Crippen molar-refractivity contribution in [2.45, 2.75) is 38.3 Å². The molecule has 0 bridgehead atoms. The van der Waals surface area contributed by atoms with Crippen LogP contribution in [-0.4, -0.2) is 44.3 Å². The smallest absolute Gasteiger partial charge is 0.264 e. The highest BCUT2D eigenvalue weighted by atomic mass is 35.5. The van der Waals surface area contributed by atoms with E-state index in [2.05, 4.69) is 5.32 Å². The summed E-state index contributed by atoms with van der Waals surface area (Å²) >= 11 is 12.3. The molecule has 1 atom stereocenters. The number of aryl methyl sites for hydroxylation is 1. The average Bonchev–Trinajstić information content (AvgIpc) is 2.86. The first-order chi connectivity index (χ1) is 17.9. The van der Waals surface area contributed by atoms with Crippen LogP contribution in [0.25, 0.3) is 0 Å². The highest BCUT2D eigenvalue weighted by Crippen LogP contribution is 2.30. The van der Waals surface area contributed by atoms with Crippen LogP contribution >= 0.6 is 23.2 Å². The number of amides is 2. The molecular formula is C27H28Cl2FN3O4S. The average molecular weight is 581 g/mol. The lowest BCUT2D eigenvalue weighted by molar-refractivity contribution is -0.139. The van der Waals surface area contributed by atoms with Crippen LogP contribution in [-0.2, 0) is 26.2 Å². The number of halogens is 3. The Morgan fingerprint density at radius 2 is 1.61 bits per heavy atom. The third-order valence-electron chi connectivity index (χ3n) is 5.84. The van der Waals surface area contributed by atoms with Crippen LogP contribution in [0.15, 0.2) is 71.6 Å². The Bertz CT molecular complexity index is 1400. The lowest BCUT2D eigenvalue weighted by Gasteiger charge is -2.32. The van der Waals surface area contributed by atoms with Gasteiger partial charge in [0.05, 0.1) is 10.6 Å². The number of anilines is 1. The fourth-order valence-corrected chi connectivity index (χ4v) is 5.68. The second-order valence-electron chi connectivity index (χ2n) is 8.64. The molecule has 1 N–H and O–H groups in total. The maximum atomic E-state index is 14.5. The first-order valence-corrected chi connectivity index (χ1v) is 14.0. The number of nitrogens with one attached hydrogen (secondary N) is 1. The molecule has 3 aromatic carbocycles. The molecule has 0 spiro atoms. The Morgan fingerprint density at radius 1 is 1.00 bits per heavy atom. The Balaban J connectivity index is 2.08. The third-order valence-corrected chi connectivity index (χ3v) is 8.06. The minimum atomic E-state index is -4.28. The number of nitrogens with zero attached hydrogens (tertiary/aromatic N) is 2. The van der Waals surface area contributed by atoms with E-state index >= 15 is 0 Å².